The van der Waals surface area contributed by atoms with Crippen molar-refractivity contribution in [3.8, 4) is 5.75 Å². The zero-order valence-corrected chi connectivity index (χ0v) is 10.7. The quantitative estimate of drug-likeness (QED) is 0.944. The summed E-state index contributed by atoms with van der Waals surface area (Å²) in [6.07, 6.45) is -2.18. The normalized spacial score (nSPS) is 11.0. The summed E-state index contributed by atoms with van der Waals surface area (Å²) in [4.78, 5) is 15.3. The van der Waals surface area contributed by atoms with Gasteiger partial charge in [0.25, 0.3) is 0 Å². The van der Waals surface area contributed by atoms with E-state index in [2.05, 4.69) is 10.3 Å². The van der Waals surface area contributed by atoms with Gasteiger partial charge in [0.05, 0.1) is 5.56 Å². The van der Waals surface area contributed by atoms with Crippen LogP contribution in [0.1, 0.15) is 11.1 Å². The highest BCUT2D eigenvalue weighted by molar-refractivity contribution is 5.70. The first kappa shape index (κ1) is 14.8. The van der Waals surface area contributed by atoms with Crippen molar-refractivity contribution in [2.24, 2.45) is 0 Å². The molecule has 2 aromatic rings. The molecule has 2 rings (SSSR count). The summed E-state index contributed by atoms with van der Waals surface area (Å²) < 4.78 is 42.3. The van der Waals surface area contributed by atoms with Crippen LogP contribution in [-0.2, 0) is 12.7 Å². The maximum atomic E-state index is 12.5. The second kappa shape index (κ2) is 6.25. The first-order valence-corrected chi connectivity index (χ1v) is 5.97. The van der Waals surface area contributed by atoms with E-state index in [-0.39, 0.29) is 12.3 Å². The van der Waals surface area contributed by atoms with Crippen molar-refractivity contribution in [3.05, 3.63) is 59.9 Å². The van der Waals surface area contributed by atoms with Gasteiger partial charge in [-0.15, -0.1) is 0 Å². The lowest BCUT2D eigenvalue weighted by Gasteiger charge is -2.09. The number of alkyl halides is 3. The van der Waals surface area contributed by atoms with Crippen LogP contribution >= 0.6 is 0 Å². The summed E-state index contributed by atoms with van der Waals surface area (Å²) >= 11 is 0. The van der Waals surface area contributed by atoms with E-state index in [0.717, 1.165) is 17.7 Å². The molecule has 0 aliphatic heterocycles. The fraction of sp³-hybridized carbons (Fsp3) is 0.143. The van der Waals surface area contributed by atoms with Crippen LogP contribution in [0.4, 0.5) is 18.0 Å². The van der Waals surface area contributed by atoms with E-state index in [0.29, 0.717) is 0 Å². The van der Waals surface area contributed by atoms with Crippen LogP contribution in [-0.4, -0.2) is 11.1 Å². The number of carbonyl (C=O) groups is 1. The van der Waals surface area contributed by atoms with Crippen LogP contribution in [0.25, 0.3) is 0 Å². The van der Waals surface area contributed by atoms with Crippen molar-refractivity contribution in [2.75, 3.05) is 0 Å². The highest BCUT2D eigenvalue weighted by Gasteiger charge is 2.30. The molecule has 0 radical (unpaired) electrons. The molecular weight excluding hydrogens is 285 g/mol. The number of ether oxygens (including phenoxy) is 1. The van der Waals surface area contributed by atoms with Crippen molar-refractivity contribution in [2.45, 2.75) is 12.7 Å². The van der Waals surface area contributed by atoms with Gasteiger partial charge in [0, 0.05) is 18.9 Å². The number of halogens is 3. The number of aromatic nitrogens is 1. The number of nitrogens with zero attached hydrogens (tertiary/aromatic N) is 1. The van der Waals surface area contributed by atoms with Crippen LogP contribution in [0.5, 0.6) is 5.75 Å². The van der Waals surface area contributed by atoms with E-state index >= 15 is 0 Å². The molecule has 1 aromatic heterocycles. The molecule has 0 fully saturated rings. The lowest BCUT2D eigenvalue weighted by molar-refractivity contribution is -0.137. The Morgan fingerprint density at radius 3 is 2.57 bits per heavy atom. The average Bonchev–Trinajstić information content (AvgIpc) is 2.46. The van der Waals surface area contributed by atoms with E-state index in [1.807, 2.05) is 0 Å². The molecule has 4 nitrogen and oxygen atoms in total. The Labute approximate surface area is 118 Å². The lowest BCUT2D eigenvalue weighted by atomic mass is 10.2. The van der Waals surface area contributed by atoms with Gasteiger partial charge in [0.1, 0.15) is 5.75 Å². The van der Waals surface area contributed by atoms with Gasteiger partial charge in [-0.25, -0.2) is 4.79 Å². The standard InChI is InChI=1S/C14H11F3N2O2/c15-14(16,17)11-2-1-3-12(8-11)21-13(20)19-9-10-4-6-18-7-5-10/h1-8H,9H2,(H,19,20). The summed E-state index contributed by atoms with van der Waals surface area (Å²) in [5.41, 5.74) is -0.0760. The molecule has 0 bridgehead atoms. The molecular formula is C14H11F3N2O2. The molecule has 1 heterocycles. The zero-order chi connectivity index (χ0) is 15.3. The molecule has 1 amide bonds. The molecule has 0 aliphatic rings. The topological polar surface area (TPSA) is 51.2 Å². The molecule has 1 N–H and O–H groups in total. The third-order valence-electron chi connectivity index (χ3n) is 2.56. The number of nitrogens with one attached hydrogen (secondary N) is 1. The molecule has 21 heavy (non-hydrogen) atoms. The third-order valence-corrected chi connectivity index (χ3v) is 2.56. The van der Waals surface area contributed by atoms with Crippen LogP contribution in [0.3, 0.4) is 0 Å². The molecule has 0 saturated carbocycles. The largest absolute Gasteiger partial charge is 0.416 e. The number of benzene rings is 1. The number of carbonyl (C=O) groups excluding carboxylic acids is 1. The fourth-order valence-electron chi connectivity index (χ4n) is 1.55. The van der Waals surface area contributed by atoms with Crippen LogP contribution < -0.4 is 10.1 Å². The number of rotatable bonds is 3. The van der Waals surface area contributed by atoms with Crippen molar-refractivity contribution >= 4 is 6.09 Å². The smallest absolute Gasteiger partial charge is 0.410 e. The summed E-state index contributed by atoms with van der Waals surface area (Å²) in [5.74, 6) is -0.169. The maximum absolute atomic E-state index is 12.5. The van der Waals surface area contributed by atoms with E-state index in [1.54, 1.807) is 24.5 Å². The predicted molar refractivity (Wildman–Crippen MR) is 68.5 cm³/mol. The Hall–Kier alpha value is -2.57. The summed E-state index contributed by atoms with van der Waals surface area (Å²) in [7, 11) is 0. The number of hydrogen-bond donors (Lipinski definition) is 1. The summed E-state index contributed by atoms with van der Waals surface area (Å²) in [5, 5.41) is 2.44. The van der Waals surface area contributed by atoms with Gasteiger partial charge < -0.3 is 10.1 Å². The zero-order valence-electron chi connectivity index (χ0n) is 10.7. The Morgan fingerprint density at radius 1 is 1.19 bits per heavy atom. The van der Waals surface area contributed by atoms with Gasteiger partial charge in [-0.05, 0) is 35.9 Å². The van der Waals surface area contributed by atoms with Gasteiger partial charge in [-0.2, -0.15) is 13.2 Å². The molecule has 1 aromatic carbocycles. The van der Waals surface area contributed by atoms with Crippen LogP contribution in [0, 0.1) is 0 Å². The van der Waals surface area contributed by atoms with E-state index in [9.17, 15) is 18.0 Å². The molecule has 0 saturated heterocycles. The van der Waals surface area contributed by atoms with Crippen molar-refractivity contribution < 1.29 is 22.7 Å². The van der Waals surface area contributed by atoms with Gasteiger partial charge >= 0.3 is 12.3 Å². The van der Waals surface area contributed by atoms with Gasteiger partial charge in [0.15, 0.2) is 0 Å². The monoisotopic (exact) mass is 296 g/mol. The second-order valence-corrected chi connectivity index (χ2v) is 4.12. The molecule has 7 heteroatoms. The SMILES string of the molecule is O=C(NCc1ccncc1)Oc1cccc(C(F)(F)F)c1. The lowest BCUT2D eigenvalue weighted by Crippen LogP contribution is -2.26. The average molecular weight is 296 g/mol. The third kappa shape index (κ3) is 4.48. The summed E-state index contributed by atoms with van der Waals surface area (Å²) in [6, 6.07) is 7.53. The van der Waals surface area contributed by atoms with Gasteiger partial charge in [-0.3, -0.25) is 4.98 Å². The molecule has 0 aliphatic carbocycles. The minimum Gasteiger partial charge on any atom is -0.410 e. The van der Waals surface area contributed by atoms with Crippen LogP contribution in [0.15, 0.2) is 48.8 Å². The highest BCUT2D eigenvalue weighted by Crippen LogP contribution is 2.31. The van der Waals surface area contributed by atoms with Crippen molar-refractivity contribution in [3.63, 3.8) is 0 Å². The van der Waals surface area contributed by atoms with Crippen molar-refractivity contribution in [1.82, 2.24) is 10.3 Å². The van der Waals surface area contributed by atoms with Crippen molar-refractivity contribution in [1.29, 1.82) is 0 Å². The maximum Gasteiger partial charge on any atom is 0.416 e. The first-order valence-electron chi connectivity index (χ1n) is 5.97. The van der Waals surface area contributed by atoms with E-state index in [1.165, 1.54) is 12.1 Å². The number of amides is 1. The Morgan fingerprint density at radius 2 is 1.90 bits per heavy atom. The molecule has 110 valence electrons. The van der Waals surface area contributed by atoms with E-state index < -0.39 is 17.8 Å². The molecule has 0 spiro atoms. The minimum atomic E-state index is -4.48. The minimum absolute atomic E-state index is 0.169. The van der Waals surface area contributed by atoms with E-state index in [4.69, 9.17) is 4.74 Å². The fourth-order valence-corrected chi connectivity index (χ4v) is 1.55. The second-order valence-electron chi connectivity index (χ2n) is 4.12. The number of pyridine rings is 1. The Bertz CT molecular complexity index is 615. The van der Waals surface area contributed by atoms with Gasteiger partial charge in [-0.1, -0.05) is 6.07 Å². The first-order chi connectivity index (χ1) is 9.95. The Balaban J connectivity index is 1.94. The Kier molecular flexibility index (Phi) is 4.42. The summed E-state index contributed by atoms with van der Waals surface area (Å²) in [6.45, 7) is 0.195. The van der Waals surface area contributed by atoms with Gasteiger partial charge in [0.2, 0.25) is 0 Å². The van der Waals surface area contributed by atoms with Crippen LogP contribution in [0.2, 0.25) is 0 Å². The predicted octanol–water partition coefficient (Wildman–Crippen LogP) is 3.39. The molecule has 0 unspecified atom stereocenters. The molecule has 0 atom stereocenters. The number of hydrogen-bond acceptors (Lipinski definition) is 3. The highest BCUT2D eigenvalue weighted by atomic mass is 19.4.